The van der Waals surface area contributed by atoms with Crippen LogP contribution in [0.4, 0.5) is 0 Å². The van der Waals surface area contributed by atoms with E-state index in [-0.39, 0.29) is 18.6 Å². The number of methoxy groups -OCH3 is 1. The molecule has 6 heteroatoms. The first-order chi connectivity index (χ1) is 12.6. The maximum Gasteiger partial charge on any atom is 0.258 e. The fourth-order valence-corrected chi connectivity index (χ4v) is 3.91. The summed E-state index contributed by atoms with van der Waals surface area (Å²) < 4.78 is 10.7. The Labute approximate surface area is 156 Å². The molecule has 1 N–H and O–H groups in total. The average molecular weight is 361 g/mol. The van der Waals surface area contributed by atoms with Gasteiger partial charge in [-0.2, -0.15) is 0 Å². The third kappa shape index (κ3) is 5.35. The molecular formula is C20H31N3O3. The summed E-state index contributed by atoms with van der Waals surface area (Å²) in [6, 6.07) is 8.18. The van der Waals surface area contributed by atoms with Crippen LogP contribution in [-0.4, -0.2) is 74.7 Å². The van der Waals surface area contributed by atoms with Crippen molar-refractivity contribution in [3.05, 3.63) is 24.3 Å². The van der Waals surface area contributed by atoms with E-state index in [1.807, 2.05) is 24.3 Å². The van der Waals surface area contributed by atoms with Gasteiger partial charge in [0.1, 0.15) is 11.5 Å². The van der Waals surface area contributed by atoms with E-state index < -0.39 is 0 Å². The van der Waals surface area contributed by atoms with E-state index in [9.17, 15) is 4.79 Å². The van der Waals surface area contributed by atoms with E-state index in [1.54, 1.807) is 7.11 Å². The fourth-order valence-electron chi connectivity index (χ4n) is 3.91. The van der Waals surface area contributed by atoms with Crippen molar-refractivity contribution in [2.45, 2.75) is 37.8 Å². The molecule has 0 spiro atoms. The van der Waals surface area contributed by atoms with Crippen molar-refractivity contribution >= 4 is 5.91 Å². The van der Waals surface area contributed by atoms with E-state index in [0.717, 1.165) is 31.7 Å². The van der Waals surface area contributed by atoms with Gasteiger partial charge in [-0.05, 0) is 76.6 Å². The minimum Gasteiger partial charge on any atom is -0.497 e. The second-order valence-corrected chi connectivity index (χ2v) is 7.40. The summed E-state index contributed by atoms with van der Waals surface area (Å²) in [5.74, 6) is 1.41. The number of ether oxygens (including phenoxy) is 2. The first-order valence-electron chi connectivity index (χ1n) is 9.63. The Morgan fingerprint density at radius 1 is 1.12 bits per heavy atom. The minimum absolute atomic E-state index is 0.0453. The molecule has 2 saturated heterocycles. The van der Waals surface area contributed by atoms with Gasteiger partial charge in [0.2, 0.25) is 0 Å². The van der Waals surface area contributed by atoms with Crippen LogP contribution in [0.3, 0.4) is 0 Å². The molecule has 0 radical (unpaired) electrons. The number of rotatable bonds is 6. The van der Waals surface area contributed by atoms with Gasteiger partial charge in [-0.1, -0.05) is 0 Å². The number of piperidine rings is 2. The predicted molar refractivity (Wildman–Crippen MR) is 102 cm³/mol. The standard InChI is InChI=1S/C20H31N3O3/c1-22-12-9-17(10-13-22)23-11-3-4-16(14-23)21-20(24)15-26-19-7-5-18(25-2)6-8-19/h5-8,16-17H,3-4,9-15H2,1-2H3,(H,21,24). The number of hydrogen-bond acceptors (Lipinski definition) is 5. The summed E-state index contributed by atoms with van der Waals surface area (Å²) in [5.41, 5.74) is 0. The Bertz CT molecular complexity index is 570. The maximum atomic E-state index is 12.2. The Morgan fingerprint density at radius 3 is 2.50 bits per heavy atom. The van der Waals surface area contributed by atoms with Crippen molar-refractivity contribution in [2.24, 2.45) is 0 Å². The van der Waals surface area contributed by atoms with Crippen molar-refractivity contribution in [2.75, 3.05) is 46.9 Å². The summed E-state index contributed by atoms with van der Waals surface area (Å²) >= 11 is 0. The third-order valence-electron chi connectivity index (χ3n) is 5.45. The van der Waals surface area contributed by atoms with Crippen LogP contribution in [0.5, 0.6) is 11.5 Å². The molecule has 0 saturated carbocycles. The van der Waals surface area contributed by atoms with Crippen molar-refractivity contribution in [1.82, 2.24) is 15.1 Å². The number of carbonyl (C=O) groups is 1. The SMILES string of the molecule is COc1ccc(OCC(=O)NC2CCCN(C3CCN(C)CC3)C2)cc1. The Hall–Kier alpha value is -1.79. The van der Waals surface area contributed by atoms with Gasteiger partial charge >= 0.3 is 0 Å². The smallest absolute Gasteiger partial charge is 0.258 e. The van der Waals surface area contributed by atoms with Crippen molar-refractivity contribution < 1.29 is 14.3 Å². The van der Waals surface area contributed by atoms with E-state index >= 15 is 0 Å². The van der Waals surface area contributed by atoms with Crippen LogP contribution in [0.15, 0.2) is 24.3 Å². The lowest BCUT2D eigenvalue weighted by atomic mass is 9.98. The van der Waals surface area contributed by atoms with Crippen LogP contribution in [0.25, 0.3) is 0 Å². The first-order valence-corrected chi connectivity index (χ1v) is 9.63. The first kappa shape index (κ1) is 19.0. The van der Waals surface area contributed by atoms with Crippen LogP contribution in [0.2, 0.25) is 0 Å². The van der Waals surface area contributed by atoms with Gasteiger partial charge in [0.25, 0.3) is 5.91 Å². The quantitative estimate of drug-likeness (QED) is 0.837. The molecule has 144 valence electrons. The Balaban J connectivity index is 1.41. The number of likely N-dealkylation sites (tertiary alicyclic amines) is 2. The fraction of sp³-hybridized carbons (Fsp3) is 0.650. The molecule has 0 aliphatic carbocycles. The zero-order valence-corrected chi connectivity index (χ0v) is 15.9. The molecule has 2 heterocycles. The lowest BCUT2D eigenvalue weighted by Crippen LogP contribution is -2.53. The highest BCUT2D eigenvalue weighted by atomic mass is 16.5. The molecule has 2 fully saturated rings. The molecule has 6 nitrogen and oxygen atoms in total. The van der Waals surface area contributed by atoms with Crippen molar-refractivity contribution in [3.63, 3.8) is 0 Å². The van der Waals surface area contributed by atoms with Gasteiger partial charge in [0, 0.05) is 18.6 Å². The molecule has 2 aliphatic rings. The Kier molecular flexibility index (Phi) is 6.74. The minimum atomic E-state index is -0.0453. The molecule has 26 heavy (non-hydrogen) atoms. The molecule has 2 aliphatic heterocycles. The van der Waals surface area contributed by atoms with E-state index in [4.69, 9.17) is 9.47 Å². The molecular weight excluding hydrogens is 330 g/mol. The molecule has 0 aromatic heterocycles. The molecule has 1 amide bonds. The third-order valence-corrected chi connectivity index (χ3v) is 5.45. The summed E-state index contributed by atoms with van der Waals surface area (Å²) in [6.07, 6.45) is 4.67. The second kappa shape index (κ2) is 9.24. The summed E-state index contributed by atoms with van der Waals surface area (Å²) in [4.78, 5) is 17.2. The lowest BCUT2D eigenvalue weighted by molar-refractivity contribution is -0.124. The van der Waals surface area contributed by atoms with Crippen LogP contribution in [0.1, 0.15) is 25.7 Å². The summed E-state index contributed by atoms with van der Waals surface area (Å²) in [5, 5.41) is 3.15. The average Bonchev–Trinajstić information content (AvgIpc) is 2.67. The van der Waals surface area contributed by atoms with Crippen molar-refractivity contribution in [3.8, 4) is 11.5 Å². The van der Waals surface area contributed by atoms with E-state index in [2.05, 4.69) is 22.2 Å². The number of nitrogens with one attached hydrogen (secondary N) is 1. The van der Waals surface area contributed by atoms with Crippen LogP contribution in [0, 0.1) is 0 Å². The topological polar surface area (TPSA) is 54.0 Å². The Morgan fingerprint density at radius 2 is 1.81 bits per heavy atom. The van der Waals surface area contributed by atoms with Gasteiger partial charge in [0.15, 0.2) is 6.61 Å². The highest BCUT2D eigenvalue weighted by molar-refractivity contribution is 5.77. The van der Waals surface area contributed by atoms with Gasteiger partial charge in [0.05, 0.1) is 7.11 Å². The highest BCUT2D eigenvalue weighted by Gasteiger charge is 2.28. The molecule has 1 atom stereocenters. The van der Waals surface area contributed by atoms with Crippen LogP contribution < -0.4 is 14.8 Å². The molecule has 1 aromatic carbocycles. The van der Waals surface area contributed by atoms with E-state index in [0.29, 0.717) is 11.8 Å². The van der Waals surface area contributed by atoms with E-state index in [1.165, 1.54) is 25.9 Å². The van der Waals surface area contributed by atoms with Crippen molar-refractivity contribution in [1.29, 1.82) is 0 Å². The number of hydrogen-bond donors (Lipinski definition) is 1. The summed E-state index contributed by atoms with van der Waals surface area (Å²) in [7, 11) is 3.82. The number of benzene rings is 1. The van der Waals surface area contributed by atoms with Crippen LogP contribution in [-0.2, 0) is 4.79 Å². The number of amides is 1. The lowest BCUT2D eigenvalue weighted by Gasteiger charge is -2.41. The normalized spacial score (nSPS) is 22.8. The van der Waals surface area contributed by atoms with Gasteiger partial charge in [-0.15, -0.1) is 0 Å². The molecule has 1 unspecified atom stereocenters. The van der Waals surface area contributed by atoms with Gasteiger partial charge < -0.3 is 19.7 Å². The monoisotopic (exact) mass is 361 g/mol. The molecule has 0 bridgehead atoms. The largest absolute Gasteiger partial charge is 0.497 e. The van der Waals surface area contributed by atoms with Gasteiger partial charge in [-0.3, -0.25) is 9.69 Å². The molecule has 3 rings (SSSR count). The maximum absolute atomic E-state index is 12.2. The number of carbonyl (C=O) groups excluding carboxylic acids is 1. The summed E-state index contributed by atoms with van der Waals surface area (Å²) in [6.45, 7) is 4.52. The molecule has 1 aromatic rings. The zero-order valence-electron chi connectivity index (χ0n) is 15.9. The second-order valence-electron chi connectivity index (χ2n) is 7.40. The van der Waals surface area contributed by atoms with Gasteiger partial charge in [-0.25, -0.2) is 0 Å². The predicted octanol–water partition coefficient (Wildman–Crippen LogP) is 1.75. The van der Waals surface area contributed by atoms with Crippen LogP contribution >= 0.6 is 0 Å². The zero-order chi connectivity index (χ0) is 18.4. The number of nitrogens with zero attached hydrogens (tertiary/aromatic N) is 2. The highest BCUT2D eigenvalue weighted by Crippen LogP contribution is 2.21.